The van der Waals surface area contributed by atoms with Crippen LogP contribution in [0.2, 0.25) is 0 Å². The SMILES string of the molecule is CC(=O)Nc1cccc(/C(C)=N\NC(=S)NCc2ccc3c(c2)OCO3)c1. The lowest BCUT2D eigenvalue weighted by atomic mass is 10.1. The molecular weight excluding hydrogens is 364 g/mol. The van der Waals surface area contributed by atoms with E-state index in [1.165, 1.54) is 6.92 Å². The van der Waals surface area contributed by atoms with Crippen LogP contribution in [0.5, 0.6) is 11.5 Å². The zero-order valence-corrected chi connectivity index (χ0v) is 15.9. The van der Waals surface area contributed by atoms with Crippen LogP contribution in [0.4, 0.5) is 5.69 Å². The number of hydrazone groups is 1. The lowest BCUT2D eigenvalue weighted by molar-refractivity contribution is -0.114. The van der Waals surface area contributed by atoms with Crippen LogP contribution in [0.3, 0.4) is 0 Å². The largest absolute Gasteiger partial charge is 0.454 e. The highest BCUT2D eigenvalue weighted by Gasteiger charge is 2.13. The molecule has 0 bridgehead atoms. The van der Waals surface area contributed by atoms with Crippen molar-refractivity contribution >= 4 is 34.6 Å². The van der Waals surface area contributed by atoms with Gasteiger partial charge in [-0.3, -0.25) is 10.2 Å². The van der Waals surface area contributed by atoms with Gasteiger partial charge in [0, 0.05) is 19.2 Å². The number of rotatable bonds is 5. The van der Waals surface area contributed by atoms with Gasteiger partial charge in [-0.05, 0) is 54.5 Å². The van der Waals surface area contributed by atoms with Crippen molar-refractivity contribution in [1.82, 2.24) is 10.7 Å². The van der Waals surface area contributed by atoms with E-state index in [0.717, 1.165) is 34.0 Å². The van der Waals surface area contributed by atoms with Crippen molar-refractivity contribution in [3.05, 3.63) is 53.6 Å². The number of anilines is 1. The van der Waals surface area contributed by atoms with Crippen LogP contribution in [-0.2, 0) is 11.3 Å². The molecule has 1 heterocycles. The molecule has 2 aromatic carbocycles. The van der Waals surface area contributed by atoms with Crippen molar-refractivity contribution in [2.75, 3.05) is 12.1 Å². The molecule has 140 valence electrons. The van der Waals surface area contributed by atoms with Crippen LogP contribution in [0.1, 0.15) is 25.0 Å². The third kappa shape index (κ3) is 5.18. The number of carbonyl (C=O) groups excluding carboxylic acids is 1. The van der Waals surface area contributed by atoms with E-state index in [-0.39, 0.29) is 12.7 Å². The molecule has 3 N–H and O–H groups in total. The van der Waals surface area contributed by atoms with Crippen molar-refractivity contribution in [1.29, 1.82) is 0 Å². The summed E-state index contributed by atoms with van der Waals surface area (Å²) in [5.41, 5.74) is 6.20. The first kappa shape index (κ1) is 18.7. The Balaban J connectivity index is 1.54. The average molecular weight is 384 g/mol. The number of benzene rings is 2. The fraction of sp³-hybridized carbons (Fsp3) is 0.211. The zero-order chi connectivity index (χ0) is 19.2. The Bertz CT molecular complexity index is 898. The smallest absolute Gasteiger partial charge is 0.231 e. The van der Waals surface area contributed by atoms with Gasteiger partial charge in [-0.2, -0.15) is 5.10 Å². The minimum atomic E-state index is -0.117. The Kier molecular flexibility index (Phi) is 5.87. The van der Waals surface area contributed by atoms with E-state index in [4.69, 9.17) is 21.7 Å². The van der Waals surface area contributed by atoms with Gasteiger partial charge < -0.3 is 20.1 Å². The zero-order valence-electron chi connectivity index (χ0n) is 15.0. The monoisotopic (exact) mass is 384 g/mol. The van der Waals surface area contributed by atoms with Gasteiger partial charge in [0.15, 0.2) is 16.6 Å². The molecule has 1 amide bonds. The number of hydrogen-bond donors (Lipinski definition) is 3. The second kappa shape index (κ2) is 8.50. The first-order valence-electron chi connectivity index (χ1n) is 8.36. The normalized spacial score (nSPS) is 12.4. The maximum atomic E-state index is 11.2. The minimum absolute atomic E-state index is 0.117. The highest BCUT2D eigenvalue weighted by Crippen LogP contribution is 2.32. The molecule has 0 aromatic heterocycles. The van der Waals surface area contributed by atoms with E-state index in [1.807, 2.05) is 49.4 Å². The van der Waals surface area contributed by atoms with Crippen molar-refractivity contribution in [3.8, 4) is 11.5 Å². The summed E-state index contributed by atoms with van der Waals surface area (Å²) in [4.78, 5) is 11.2. The fourth-order valence-electron chi connectivity index (χ4n) is 2.50. The molecule has 2 aromatic rings. The quantitative estimate of drug-likeness (QED) is 0.418. The maximum absolute atomic E-state index is 11.2. The van der Waals surface area contributed by atoms with E-state index in [0.29, 0.717) is 11.7 Å². The molecule has 1 aliphatic rings. The second-order valence-corrected chi connectivity index (χ2v) is 6.35. The summed E-state index contributed by atoms with van der Waals surface area (Å²) in [7, 11) is 0. The number of hydrogen-bond acceptors (Lipinski definition) is 5. The lowest BCUT2D eigenvalue weighted by Crippen LogP contribution is -2.32. The summed E-state index contributed by atoms with van der Waals surface area (Å²) < 4.78 is 10.7. The van der Waals surface area contributed by atoms with Gasteiger partial charge in [-0.1, -0.05) is 18.2 Å². The topological polar surface area (TPSA) is 84.0 Å². The van der Waals surface area contributed by atoms with Crippen molar-refractivity contribution < 1.29 is 14.3 Å². The van der Waals surface area contributed by atoms with Crippen molar-refractivity contribution in [2.24, 2.45) is 5.10 Å². The molecule has 0 saturated heterocycles. The van der Waals surface area contributed by atoms with Gasteiger partial charge in [0.2, 0.25) is 12.7 Å². The number of amides is 1. The number of thiocarbonyl (C=S) groups is 1. The summed E-state index contributed by atoms with van der Waals surface area (Å²) in [6, 6.07) is 13.2. The molecule has 0 radical (unpaired) electrons. The third-order valence-corrected chi connectivity index (χ3v) is 4.05. The molecule has 8 heteroatoms. The molecule has 7 nitrogen and oxygen atoms in total. The van der Waals surface area contributed by atoms with E-state index >= 15 is 0 Å². The maximum Gasteiger partial charge on any atom is 0.231 e. The molecule has 0 saturated carbocycles. The molecule has 3 rings (SSSR count). The molecule has 0 fully saturated rings. The number of fused-ring (bicyclic) bond motifs is 1. The van der Waals surface area contributed by atoms with Gasteiger partial charge in [0.1, 0.15) is 0 Å². The number of ether oxygens (including phenoxy) is 2. The Morgan fingerprint density at radius 3 is 2.78 bits per heavy atom. The van der Waals surface area contributed by atoms with Crippen LogP contribution in [0.25, 0.3) is 0 Å². The number of nitrogens with one attached hydrogen (secondary N) is 3. The van der Waals surface area contributed by atoms with Gasteiger partial charge in [0.05, 0.1) is 5.71 Å². The standard InChI is InChI=1S/C19H20N4O3S/c1-12(15-4-3-5-16(9-15)21-13(2)24)22-23-19(27)20-10-14-6-7-17-18(8-14)26-11-25-17/h3-9H,10-11H2,1-2H3,(H,21,24)(H2,20,23,27)/b22-12-. The van der Waals surface area contributed by atoms with Crippen LogP contribution in [-0.4, -0.2) is 23.5 Å². The fourth-order valence-corrected chi connectivity index (χ4v) is 2.62. The molecule has 27 heavy (non-hydrogen) atoms. The van der Waals surface area contributed by atoms with Crippen LogP contribution >= 0.6 is 12.2 Å². The third-order valence-electron chi connectivity index (χ3n) is 3.82. The van der Waals surface area contributed by atoms with Crippen molar-refractivity contribution in [2.45, 2.75) is 20.4 Å². The summed E-state index contributed by atoms with van der Waals surface area (Å²) in [6.07, 6.45) is 0. The first-order valence-corrected chi connectivity index (χ1v) is 8.77. The first-order chi connectivity index (χ1) is 13.0. The van der Waals surface area contributed by atoms with E-state index in [9.17, 15) is 4.79 Å². The van der Waals surface area contributed by atoms with E-state index < -0.39 is 0 Å². The van der Waals surface area contributed by atoms with Crippen LogP contribution in [0, 0.1) is 0 Å². The average Bonchev–Trinajstić information content (AvgIpc) is 3.12. The van der Waals surface area contributed by atoms with Gasteiger partial charge in [-0.25, -0.2) is 0 Å². The molecule has 1 aliphatic heterocycles. The predicted molar refractivity (Wildman–Crippen MR) is 108 cm³/mol. The van der Waals surface area contributed by atoms with Gasteiger partial charge >= 0.3 is 0 Å². The summed E-state index contributed by atoms with van der Waals surface area (Å²) in [5.74, 6) is 1.37. The summed E-state index contributed by atoms with van der Waals surface area (Å²) >= 11 is 5.26. The highest BCUT2D eigenvalue weighted by atomic mass is 32.1. The summed E-state index contributed by atoms with van der Waals surface area (Å²) in [6.45, 7) is 4.12. The Hall–Kier alpha value is -3.13. The Morgan fingerprint density at radius 1 is 1.15 bits per heavy atom. The van der Waals surface area contributed by atoms with Gasteiger partial charge in [0.25, 0.3) is 0 Å². The van der Waals surface area contributed by atoms with E-state index in [1.54, 1.807) is 0 Å². The predicted octanol–water partition coefficient (Wildman–Crippen LogP) is 2.76. The molecular formula is C19H20N4O3S. The Morgan fingerprint density at radius 2 is 1.96 bits per heavy atom. The molecule has 0 unspecified atom stereocenters. The second-order valence-electron chi connectivity index (χ2n) is 5.94. The van der Waals surface area contributed by atoms with Gasteiger partial charge in [-0.15, -0.1) is 0 Å². The van der Waals surface area contributed by atoms with Crippen molar-refractivity contribution in [3.63, 3.8) is 0 Å². The molecule has 0 aliphatic carbocycles. The molecule has 0 spiro atoms. The van der Waals surface area contributed by atoms with Crippen LogP contribution < -0.4 is 25.5 Å². The van der Waals surface area contributed by atoms with E-state index in [2.05, 4.69) is 21.2 Å². The minimum Gasteiger partial charge on any atom is -0.454 e. The highest BCUT2D eigenvalue weighted by molar-refractivity contribution is 7.80. The van der Waals surface area contributed by atoms with Crippen LogP contribution in [0.15, 0.2) is 47.6 Å². The molecule has 0 atom stereocenters. The summed E-state index contributed by atoms with van der Waals surface area (Å²) in [5, 5.41) is 10.5. The number of nitrogens with zero attached hydrogens (tertiary/aromatic N) is 1. The number of carbonyl (C=O) groups is 1. The lowest BCUT2D eigenvalue weighted by Gasteiger charge is -2.09. The Labute approximate surface area is 162 Å².